The molecule has 0 aliphatic heterocycles. The summed E-state index contributed by atoms with van der Waals surface area (Å²) in [6.07, 6.45) is -5.43. The molecule has 10 nitrogen and oxygen atoms in total. The third-order valence-electron chi connectivity index (χ3n) is 3.79. The average molecular weight is 458 g/mol. The molecule has 162 valence electrons. The number of carbonyl (C=O) groups excluding carboxylic acids is 2. The molecule has 0 saturated heterocycles. The maximum atomic E-state index is 12.0. The third kappa shape index (κ3) is 5.63. The highest BCUT2D eigenvalue weighted by atomic mass is 32.2. The topological polar surface area (TPSA) is 161 Å². The second-order valence-corrected chi connectivity index (χ2v) is 9.32. The smallest absolute Gasteiger partial charge is 0.354 e. The van der Waals surface area contributed by atoms with Gasteiger partial charge in [-0.25, -0.2) is 9.59 Å². The SMILES string of the molecule is Cc1ccc(S(=O)(=O)OC(=O)C(O)C(O)C(=O)OS(=O)(=O)c2ccc(C)cc2)cc1. The highest BCUT2D eigenvalue weighted by molar-refractivity contribution is 7.87. The minimum atomic E-state index is -4.65. The molecule has 0 aromatic heterocycles. The second-order valence-electron chi connectivity index (χ2n) is 6.23. The quantitative estimate of drug-likeness (QED) is 0.548. The highest BCUT2D eigenvalue weighted by Gasteiger charge is 2.38. The van der Waals surface area contributed by atoms with E-state index in [1.54, 1.807) is 13.8 Å². The number of aryl methyl sites for hydroxylation is 2. The van der Waals surface area contributed by atoms with Crippen molar-refractivity contribution in [3.05, 3.63) is 59.7 Å². The molecular formula is C18H18O10S2. The standard InChI is InChI=1S/C18H18O10S2/c1-11-3-7-13(8-4-11)29(23,24)27-17(21)15(19)16(20)18(22)28-30(25,26)14-9-5-12(2)6-10-14/h3-10,15-16,19-20H,1-2H3. The van der Waals surface area contributed by atoms with E-state index in [2.05, 4.69) is 8.37 Å². The molecule has 30 heavy (non-hydrogen) atoms. The van der Waals surface area contributed by atoms with E-state index in [0.717, 1.165) is 35.4 Å². The maximum absolute atomic E-state index is 12.0. The predicted octanol–water partition coefficient (Wildman–Crippen LogP) is 0.189. The second kappa shape index (κ2) is 8.92. The first-order valence-corrected chi connectivity index (χ1v) is 11.1. The van der Waals surface area contributed by atoms with Crippen molar-refractivity contribution < 1.29 is 45.0 Å². The van der Waals surface area contributed by atoms with E-state index in [4.69, 9.17) is 0 Å². The lowest BCUT2D eigenvalue weighted by Crippen LogP contribution is -2.42. The van der Waals surface area contributed by atoms with Crippen molar-refractivity contribution in [2.45, 2.75) is 35.8 Å². The van der Waals surface area contributed by atoms with Gasteiger partial charge in [0, 0.05) is 0 Å². The molecule has 0 aliphatic rings. The summed E-state index contributed by atoms with van der Waals surface area (Å²) in [6.45, 7) is 3.39. The van der Waals surface area contributed by atoms with Gasteiger partial charge in [-0.2, -0.15) is 16.8 Å². The molecule has 2 aromatic rings. The van der Waals surface area contributed by atoms with Gasteiger partial charge in [0.05, 0.1) is 0 Å². The summed E-state index contributed by atoms with van der Waals surface area (Å²) in [5, 5.41) is 19.5. The van der Waals surface area contributed by atoms with Crippen LogP contribution in [0.4, 0.5) is 0 Å². The molecule has 0 fully saturated rings. The molecular weight excluding hydrogens is 440 g/mol. The third-order valence-corrected chi connectivity index (χ3v) is 6.25. The zero-order valence-corrected chi connectivity index (χ0v) is 17.4. The zero-order chi connectivity index (χ0) is 22.7. The van der Waals surface area contributed by atoms with E-state index in [1.807, 2.05) is 0 Å². The van der Waals surface area contributed by atoms with Gasteiger partial charge in [0.25, 0.3) is 0 Å². The zero-order valence-electron chi connectivity index (χ0n) is 15.8. The summed E-state index contributed by atoms with van der Waals surface area (Å²) in [7, 11) is -9.31. The fraction of sp³-hybridized carbons (Fsp3) is 0.222. The fourth-order valence-electron chi connectivity index (χ4n) is 2.08. The first kappa shape index (κ1) is 23.5. The first-order chi connectivity index (χ1) is 13.8. The number of hydrogen-bond donors (Lipinski definition) is 2. The minimum absolute atomic E-state index is 0.410. The molecule has 2 N–H and O–H groups in total. The lowest BCUT2D eigenvalue weighted by Gasteiger charge is -2.15. The van der Waals surface area contributed by atoms with Crippen LogP contribution in [0.2, 0.25) is 0 Å². The molecule has 0 heterocycles. The Morgan fingerprint density at radius 3 is 1.20 bits per heavy atom. The molecule has 2 unspecified atom stereocenters. The van der Waals surface area contributed by atoms with Crippen LogP contribution in [-0.2, 0) is 38.2 Å². The van der Waals surface area contributed by atoms with Gasteiger partial charge in [0.2, 0.25) is 0 Å². The van der Waals surface area contributed by atoms with E-state index in [-0.39, 0.29) is 0 Å². The molecule has 0 saturated carbocycles. The molecule has 0 aliphatic carbocycles. The Bertz CT molecular complexity index is 1040. The van der Waals surface area contributed by atoms with Crippen molar-refractivity contribution in [2.24, 2.45) is 0 Å². The van der Waals surface area contributed by atoms with Crippen LogP contribution in [0.3, 0.4) is 0 Å². The number of rotatable bonds is 7. The van der Waals surface area contributed by atoms with Crippen molar-refractivity contribution >= 4 is 32.2 Å². The van der Waals surface area contributed by atoms with E-state index < -0.39 is 54.2 Å². The van der Waals surface area contributed by atoms with Gasteiger partial charge in [0.1, 0.15) is 9.79 Å². The van der Waals surface area contributed by atoms with Gasteiger partial charge in [-0.3, -0.25) is 0 Å². The summed E-state index contributed by atoms with van der Waals surface area (Å²) >= 11 is 0. The molecule has 2 rings (SSSR count). The summed E-state index contributed by atoms with van der Waals surface area (Å²) in [6, 6.07) is 10.3. The van der Waals surface area contributed by atoms with Crippen molar-refractivity contribution in [1.82, 2.24) is 0 Å². The van der Waals surface area contributed by atoms with Gasteiger partial charge in [-0.15, -0.1) is 0 Å². The van der Waals surface area contributed by atoms with Crippen molar-refractivity contribution in [3.63, 3.8) is 0 Å². The van der Waals surface area contributed by atoms with Crippen LogP contribution >= 0.6 is 0 Å². The van der Waals surface area contributed by atoms with Crippen molar-refractivity contribution in [2.75, 3.05) is 0 Å². The minimum Gasteiger partial charge on any atom is -0.379 e. The Morgan fingerprint density at radius 1 is 0.667 bits per heavy atom. The molecule has 0 spiro atoms. The van der Waals surface area contributed by atoms with Crippen LogP contribution in [0.15, 0.2) is 58.3 Å². The van der Waals surface area contributed by atoms with Crippen molar-refractivity contribution in [3.8, 4) is 0 Å². The van der Waals surface area contributed by atoms with Crippen LogP contribution in [0.25, 0.3) is 0 Å². The normalized spacial score (nSPS) is 13.9. The Kier molecular flexibility index (Phi) is 6.98. The fourth-order valence-corrected chi connectivity index (χ4v) is 3.84. The van der Waals surface area contributed by atoms with Crippen LogP contribution in [0.1, 0.15) is 11.1 Å². The molecule has 0 radical (unpaired) electrons. The molecule has 0 amide bonds. The molecule has 0 bridgehead atoms. The van der Waals surface area contributed by atoms with Gasteiger partial charge in [-0.1, -0.05) is 35.4 Å². The highest BCUT2D eigenvalue weighted by Crippen LogP contribution is 2.17. The van der Waals surface area contributed by atoms with E-state index >= 15 is 0 Å². The van der Waals surface area contributed by atoms with Crippen LogP contribution in [0, 0.1) is 13.8 Å². The van der Waals surface area contributed by atoms with Crippen LogP contribution < -0.4 is 0 Å². The van der Waals surface area contributed by atoms with Gasteiger partial charge >= 0.3 is 32.2 Å². The summed E-state index contributed by atoms with van der Waals surface area (Å²) in [4.78, 5) is 22.9. The number of carbonyl (C=O) groups is 2. The average Bonchev–Trinajstić information content (AvgIpc) is 2.66. The Labute approximate surface area is 172 Å². The monoisotopic (exact) mass is 458 g/mol. The molecule has 2 atom stereocenters. The Morgan fingerprint density at radius 2 is 0.933 bits per heavy atom. The summed E-state index contributed by atoms with van der Waals surface area (Å²) < 4.78 is 56.6. The largest absolute Gasteiger partial charge is 0.379 e. The summed E-state index contributed by atoms with van der Waals surface area (Å²) in [5.41, 5.74) is 1.46. The Hall–Kier alpha value is -2.80. The lowest BCUT2D eigenvalue weighted by atomic mass is 10.2. The van der Waals surface area contributed by atoms with Gasteiger partial charge < -0.3 is 18.6 Å². The van der Waals surface area contributed by atoms with E-state index in [9.17, 15) is 36.6 Å². The van der Waals surface area contributed by atoms with Gasteiger partial charge in [-0.05, 0) is 38.1 Å². The first-order valence-electron chi connectivity index (χ1n) is 8.29. The molecule has 12 heteroatoms. The lowest BCUT2D eigenvalue weighted by molar-refractivity contribution is -0.161. The number of aliphatic hydroxyl groups is 2. The Balaban J connectivity index is 2.09. The molecule has 2 aromatic carbocycles. The van der Waals surface area contributed by atoms with E-state index in [1.165, 1.54) is 24.3 Å². The maximum Gasteiger partial charge on any atom is 0.354 e. The number of aliphatic hydroxyl groups excluding tert-OH is 2. The number of benzene rings is 2. The van der Waals surface area contributed by atoms with Crippen molar-refractivity contribution in [1.29, 1.82) is 0 Å². The van der Waals surface area contributed by atoms with Crippen LogP contribution in [0.5, 0.6) is 0 Å². The predicted molar refractivity (Wildman–Crippen MR) is 101 cm³/mol. The van der Waals surface area contributed by atoms with E-state index in [0.29, 0.717) is 0 Å². The number of hydrogen-bond acceptors (Lipinski definition) is 10. The van der Waals surface area contributed by atoms with Crippen LogP contribution in [-0.4, -0.2) is 51.2 Å². The van der Waals surface area contributed by atoms with Gasteiger partial charge in [0.15, 0.2) is 12.2 Å². The summed E-state index contributed by atoms with van der Waals surface area (Å²) in [5.74, 6) is -3.79.